The number of para-hydroxylation sites is 1. The molecule has 1 heterocycles. The van der Waals surface area contributed by atoms with Crippen LogP contribution in [-0.4, -0.2) is 20.9 Å². The molecule has 0 fully saturated rings. The van der Waals surface area contributed by atoms with Gasteiger partial charge in [0.2, 0.25) is 11.8 Å². The van der Waals surface area contributed by atoms with Crippen LogP contribution in [0.4, 0.5) is 5.69 Å². The van der Waals surface area contributed by atoms with Crippen molar-refractivity contribution in [1.29, 1.82) is 0 Å². The molecule has 1 N–H and O–H groups in total. The predicted octanol–water partition coefficient (Wildman–Crippen LogP) is 4.46. The molecule has 0 radical (unpaired) electrons. The Bertz CT molecular complexity index is 1000. The Labute approximate surface area is 167 Å². The third-order valence-electron chi connectivity index (χ3n) is 4.53. The first-order valence-corrected chi connectivity index (χ1v) is 10.6. The van der Waals surface area contributed by atoms with Gasteiger partial charge in [0.25, 0.3) is 0 Å². The van der Waals surface area contributed by atoms with Gasteiger partial charge < -0.3 is 9.73 Å². The molecule has 3 aromatic rings. The average Bonchev–Trinajstić information content (AvgIpc) is 2.99. The van der Waals surface area contributed by atoms with E-state index in [2.05, 4.69) is 10.3 Å². The number of nitrogens with zero attached hydrogens (tertiary/aromatic N) is 1. The summed E-state index contributed by atoms with van der Waals surface area (Å²) in [5.74, 6) is 0.959. The standard InChI is InChI=1S/C22H24N2O3S/c1-14-8-10-18(11-9-14)22-23-19(17(4)27-22)12-28(26)13-20(25)24-21-15(2)6-5-7-16(21)3/h5-11H,12-13H2,1-4H3,(H,24,25)/t28-/m0/s1. The van der Waals surface area contributed by atoms with E-state index in [4.69, 9.17) is 4.42 Å². The van der Waals surface area contributed by atoms with E-state index in [1.807, 2.05) is 63.2 Å². The van der Waals surface area contributed by atoms with Gasteiger partial charge in [0.1, 0.15) is 11.5 Å². The van der Waals surface area contributed by atoms with Gasteiger partial charge in [0, 0.05) is 22.1 Å². The first-order chi connectivity index (χ1) is 13.3. The molecule has 0 aliphatic heterocycles. The van der Waals surface area contributed by atoms with Gasteiger partial charge in [0.15, 0.2) is 0 Å². The topological polar surface area (TPSA) is 72.2 Å². The lowest BCUT2D eigenvalue weighted by Crippen LogP contribution is -2.21. The minimum atomic E-state index is -1.38. The highest BCUT2D eigenvalue weighted by atomic mass is 32.2. The summed E-state index contributed by atoms with van der Waals surface area (Å²) in [7, 11) is -1.38. The van der Waals surface area contributed by atoms with E-state index in [-0.39, 0.29) is 17.4 Å². The third kappa shape index (κ3) is 4.75. The molecule has 28 heavy (non-hydrogen) atoms. The summed E-state index contributed by atoms with van der Waals surface area (Å²) < 4.78 is 18.2. The zero-order valence-corrected chi connectivity index (χ0v) is 17.4. The number of aryl methyl sites for hydroxylation is 4. The van der Waals surface area contributed by atoms with Crippen LogP contribution in [0.3, 0.4) is 0 Å². The lowest BCUT2D eigenvalue weighted by Gasteiger charge is -2.11. The SMILES string of the molecule is Cc1ccc(-c2nc(C[S@](=O)CC(=O)Nc3c(C)cccc3C)c(C)o2)cc1. The molecule has 1 amide bonds. The van der Waals surface area contributed by atoms with Crippen LogP contribution in [0.2, 0.25) is 0 Å². The fourth-order valence-electron chi connectivity index (χ4n) is 2.92. The molecule has 1 atom stereocenters. The van der Waals surface area contributed by atoms with Crippen LogP contribution in [-0.2, 0) is 21.3 Å². The monoisotopic (exact) mass is 396 g/mol. The lowest BCUT2D eigenvalue weighted by atomic mass is 10.1. The number of anilines is 1. The van der Waals surface area contributed by atoms with Crippen molar-refractivity contribution >= 4 is 22.4 Å². The molecular formula is C22H24N2O3S. The molecule has 0 bridgehead atoms. The molecule has 0 aliphatic carbocycles. The van der Waals surface area contributed by atoms with E-state index in [9.17, 15) is 9.00 Å². The van der Waals surface area contributed by atoms with Crippen LogP contribution >= 0.6 is 0 Å². The molecule has 2 aromatic carbocycles. The first kappa shape index (κ1) is 20.0. The number of aromatic nitrogens is 1. The Balaban J connectivity index is 1.65. The van der Waals surface area contributed by atoms with Crippen molar-refractivity contribution < 1.29 is 13.4 Å². The third-order valence-corrected chi connectivity index (χ3v) is 5.71. The van der Waals surface area contributed by atoms with Crippen molar-refractivity contribution in [3.63, 3.8) is 0 Å². The van der Waals surface area contributed by atoms with Gasteiger partial charge in [-0.05, 0) is 51.0 Å². The summed E-state index contributed by atoms with van der Waals surface area (Å²) in [6.45, 7) is 7.69. The van der Waals surface area contributed by atoms with E-state index in [1.54, 1.807) is 6.92 Å². The maximum Gasteiger partial charge on any atom is 0.237 e. The van der Waals surface area contributed by atoms with Crippen molar-refractivity contribution in [2.24, 2.45) is 0 Å². The maximum atomic E-state index is 12.5. The van der Waals surface area contributed by atoms with Crippen LogP contribution in [0.25, 0.3) is 11.5 Å². The number of benzene rings is 2. The van der Waals surface area contributed by atoms with Crippen molar-refractivity contribution in [3.8, 4) is 11.5 Å². The van der Waals surface area contributed by atoms with E-state index in [1.165, 1.54) is 0 Å². The number of hydrogen-bond donors (Lipinski definition) is 1. The van der Waals surface area contributed by atoms with Crippen LogP contribution in [0.5, 0.6) is 0 Å². The Morgan fingerprint density at radius 3 is 2.32 bits per heavy atom. The van der Waals surface area contributed by atoms with Crippen LogP contribution in [0.15, 0.2) is 46.9 Å². The molecule has 0 unspecified atom stereocenters. The smallest absolute Gasteiger partial charge is 0.237 e. The highest BCUT2D eigenvalue weighted by Crippen LogP contribution is 2.23. The highest BCUT2D eigenvalue weighted by molar-refractivity contribution is 7.84. The molecule has 146 valence electrons. The van der Waals surface area contributed by atoms with Crippen LogP contribution in [0.1, 0.15) is 28.1 Å². The average molecular weight is 397 g/mol. The van der Waals surface area contributed by atoms with Crippen LogP contribution < -0.4 is 5.32 Å². The van der Waals surface area contributed by atoms with Crippen LogP contribution in [0, 0.1) is 27.7 Å². The van der Waals surface area contributed by atoms with Gasteiger partial charge in [0.05, 0.1) is 11.4 Å². The summed E-state index contributed by atoms with van der Waals surface area (Å²) in [5.41, 5.74) is 5.39. The molecule has 0 spiro atoms. The summed E-state index contributed by atoms with van der Waals surface area (Å²) in [4.78, 5) is 16.8. The van der Waals surface area contributed by atoms with Gasteiger partial charge in [-0.1, -0.05) is 35.9 Å². The Morgan fingerprint density at radius 1 is 1.04 bits per heavy atom. The molecule has 6 heteroatoms. The highest BCUT2D eigenvalue weighted by Gasteiger charge is 2.17. The fourth-order valence-corrected chi connectivity index (χ4v) is 3.96. The van der Waals surface area contributed by atoms with Gasteiger partial charge in [-0.15, -0.1) is 0 Å². The van der Waals surface area contributed by atoms with Crippen molar-refractivity contribution in [2.75, 3.05) is 11.1 Å². The van der Waals surface area contributed by atoms with Crippen molar-refractivity contribution in [3.05, 3.63) is 70.6 Å². The van der Waals surface area contributed by atoms with E-state index < -0.39 is 10.8 Å². The largest absolute Gasteiger partial charge is 0.441 e. The van der Waals surface area contributed by atoms with E-state index in [0.29, 0.717) is 17.3 Å². The zero-order chi connectivity index (χ0) is 20.3. The second kappa shape index (κ2) is 8.52. The molecule has 0 aliphatic rings. The minimum Gasteiger partial charge on any atom is -0.441 e. The van der Waals surface area contributed by atoms with Gasteiger partial charge in [-0.3, -0.25) is 9.00 Å². The second-order valence-electron chi connectivity index (χ2n) is 6.93. The number of amides is 1. The summed E-state index contributed by atoms with van der Waals surface area (Å²) >= 11 is 0. The van der Waals surface area contributed by atoms with Gasteiger partial charge >= 0.3 is 0 Å². The second-order valence-corrected chi connectivity index (χ2v) is 8.39. The number of hydrogen-bond acceptors (Lipinski definition) is 4. The summed E-state index contributed by atoms with van der Waals surface area (Å²) in [6.07, 6.45) is 0. The number of carbonyl (C=O) groups is 1. The summed E-state index contributed by atoms with van der Waals surface area (Å²) in [5, 5.41) is 2.87. The molecular weight excluding hydrogens is 372 g/mol. The Kier molecular flexibility index (Phi) is 6.09. The predicted molar refractivity (Wildman–Crippen MR) is 113 cm³/mol. The first-order valence-electron chi connectivity index (χ1n) is 9.08. The lowest BCUT2D eigenvalue weighted by molar-refractivity contribution is -0.113. The van der Waals surface area contributed by atoms with Crippen molar-refractivity contribution in [1.82, 2.24) is 4.98 Å². The number of rotatable bonds is 6. The van der Waals surface area contributed by atoms with E-state index >= 15 is 0 Å². The minimum absolute atomic E-state index is 0.0834. The zero-order valence-electron chi connectivity index (χ0n) is 16.5. The molecule has 0 saturated heterocycles. The molecule has 0 saturated carbocycles. The Morgan fingerprint density at radius 2 is 1.68 bits per heavy atom. The number of carbonyl (C=O) groups excluding carboxylic acids is 1. The number of nitrogens with one attached hydrogen (secondary N) is 1. The van der Waals surface area contributed by atoms with E-state index in [0.717, 1.165) is 27.9 Å². The number of oxazole rings is 1. The molecule has 5 nitrogen and oxygen atoms in total. The fraction of sp³-hybridized carbons (Fsp3) is 0.273. The molecule has 1 aromatic heterocycles. The van der Waals surface area contributed by atoms with Gasteiger partial charge in [-0.2, -0.15) is 0 Å². The van der Waals surface area contributed by atoms with Gasteiger partial charge in [-0.25, -0.2) is 4.98 Å². The Hall–Kier alpha value is -2.73. The normalized spacial score (nSPS) is 12.0. The quantitative estimate of drug-likeness (QED) is 0.668. The maximum absolute atomic E-state index is 12.5. The molecule has 3 rings (SSSR count). The summed E-state index contributed by atoms with van der Waals surface area (Å²) in [6, 6.07) is 13.7. The van der Waals surface area contributed by atoms with Crippen molar-refractivity contribution in [2.45, 2.75) is 33.4 Å².